The summed E-state index contributed by atoms with van der Waals surface area (Å²) in [6.45, 7) is 3.51. The molecule has 0 radical (unpaired) electrons. The van der Waals surface area contributed by atoms with Crippen molar-refractivity contribution in [2.45, 2.75) is 19.1 Å². The molecule has 1 heterocycles. The van der Waals surface area contributed by atoms with Crippen LogP contribution in [0.2, 0.25) is 0 Å². The van der Waals surface area contributed by atoms with Crippen LogP contribution in [0.4, 0.5) is 4.79 Å². The van der Waals surface area contributed by atoms with E-state index < -0.39 is 18.0 Å². The molecule has 1 aliphatic heterocycles. The average molecular weight is 356 g/mol. The monoisotopic (exact) mass is 355 g/mol. The van der Waals surface area contributed by atoms with Crippen molar-refractivity contribution in [3.63, 3.8) is 0 Å². The number of halogens is 1. The normalized spacial score (nSPS) is 20.8. The molecule has 1 aromatic rings. The topological polar surface area (TPSA) is 84.7 Å². The van der Waals surface area contributed by atoms with Crippen molar-refractivity contribution in [3.8, 4) is 0 Å². The zero-order chi connectivity index (χ0) is 15.4. The maximum Gasteiger partial charge on any atom is 0.318 e. The predicted molar refractivity (Wildman–Crippen MR) is 81.6 cm³/mol. The van der Waals surface area contributed by atoms with Gasteiger partial charge in [-0.05, 0) is 24.6 Å². The van der Waals surface area contributed by atoms with Gasteiger partial charge in [0.1, 0.15) is 0 Å². The average Bonchev–Trinajstić information content (AvgIpc) is 2.46. The van der Waals surface area contributed by atoms with Crippen molar-refractivity contribution in [2.24, 2.45) is 5.73 Å². The Kier molecular flexibility index (Phi) is 5.33. The van der Waals surface area contributed by atoms with E-state index in [4.69, 9.17) is 10.5 Å². The number of morpholine rings is 1. The number of nitrogens with two attached hydrogens (primary N) is 1. The maximum atomic E-state index is 11.8. The molecule has 114 valence electrons. The summed E-state index contributed by atoms with van der Waals surface area (Å²) in [5.74, 6) is -0.391. The van der Waals surface area contributed by atoms with Gasteiger partial charge in [-0.1, -0.05) is 28.1 Å². The van der Waals surface area contributed by atoms with E-state index in [2.05, 4.69) is 21.2 Å². The van der Waals surface area contributed by atoms with E-state index >= 15 is 0 Å². The predicted octanol–water partition coefficient (Wildman–Crippen LogP) is 1.41. The quantitative estimate of drug-likeness (QED) is 0.858. The van der Waals surface area contributed by atoms with Crippen LogP contribution in [0.1, 0.15) is 18.6 Å². The van der Waals surface area contributed by atoms with E-state index in [1.807, 2.05) is 29.2 Å². The Labute approximate surface area is 131 Å². The van der Waals surface area contributed by atoms with E-state index in [-0.39, 0.29) is 6.10 Å². The number of nitrogens with zero attached hydrogens (tertiary/aromatic N) is 1. The van der Waals surface area contributed by atoms with Crippen LogP contribution in [0.3, 0.4) is 0 Å². The third kappa shape index (κ3) is 4.26. The lowest BCUT2D eigenvalue weighted by molar-refractivity contribution is -0.128. The van der Waals surface area contributed by atoms with Crippen molar-refractivity contribution in [1.82, 2.24) is 10.2 Å². The molecule has 7 heteroatoms. The summed E-state index contributed by atoms with van der Waals surface area (Å²) in [7, 11) is 0. The Balaban J connectivity index is 2.03. The number of urea groups is 1. The molecular weight excluding hydrogens is 338 g/mol. The van der Waals surface area contributed by atoms with Crippen molar-refractivity contribution in [2.75, 3.05) is 19.7 Å². The van der Waals surface area contributed by atoms with Gasteiger partial charge in [-0.15, -0.1) is 0 Å². The van der Waals surface area contributed by atoms with Gasteiger partial charge in [0.2, 0.25) is 5.91 Å². The van der Waals surface area contributed by atoms with Gasteiger partial charge in [0.05, 0.1) is 18.8 Å². The van der Waals surface area contributed by atoms with Crippen LogP contribution in [0.15, 0.2) is 28.7 Å². The SMILES string of the molecule is CC(C(=O)NC(N)=O)N1CCOC(c2cccc(Br)c2)C1. The lowest BCUT2D eigenvalue weighted by Gasteiger charge is -2.36. The van der Waals surface area contributed by atoms with Gasteiger partial charge in [-0.25, -0.2) is 4.79 Å². The third-order valence-corrected chi connectivity index (χ3v) is 3.99. The van der Waals surface area contributed by atoms with E-state index in [1.54, 1.807) is 6.92 Å². The molecule has 0 spiro atoms. The van der Waals surface area contributed by atoms with Crippen LogP contribution < -0.4 is 11.1 Å². The number of hydrogen-bond acceptors (Lipinski definition) is 4. The van der Waals surface area contributed by atoms with E-state index in [9.17, 15) is 9.59 Å². The van der Waals surface area contributed by atoms with Gasteiger partial charge in [0.25, 0.3) is 0 Å². The first-order valence-corrected chi connectivity index (χ1v) is 7.48. The Morgan fingerprint density at radius 3 is 2.95 bits per heavy atom. The first-order chi connectivity index (χ1) is 9.97. The number of primary amides is 1. The first kappa shape index (κ1) is 15.9. The fourth-order valence-corrected chi connectivity index (χ4v) is 2.74. The minimum Gasteiger partial charge on any atom is -0.371 e. The largest absolute Gasteiger partial charge is 0.371 e. The fourth-order valence-electron chi connectivity index (χ4n) is 2.32. The summed E-state index contributed by atoms with van der Waals surface area (Å²) in [4.78, 5) is 24.6. The van der Waals surface area contributed by atoms with Crippen molar-refractivity contribution in [3.05, 3.63) is 34.3 Å². The lowest BCUT2D eigenvalue weighted by atomic mass is 10.1. The fraction of sp³-hybridized carbons (Fsp3) is 0.429. The highest BCUT2D eigenvalue weighted by Crippen LogP contribution is 2.25. The maximum absolute atomic E-state index is 11.8. The molecular formula is C14H18BrN3O3. The molecule has 2 atom stereocenters. The van der Waals surface area contributed by atoms with Crippen LogP contribution in [-0.4, -0.2) is 42.6 Å². The van der Waals surface area contributed by atoms with Gasteiger partial charge in [0.15, 0.2) is 0 Å². The molecule has 1 saturated heterocycles. The number of carbonyl (C=O) groups is 2. The Bertz CT molecular complexity index is 538. The number of amides is 3. The summed E-state index contributed by atoms with van der Waals surface area (Å²) in [5.41, 5.74) is 6.03. The Morgan fingerprint density at radius 1 is 1.52 bits per heavy atom. The molecule has 21 heavy (non-hydrogen) atoms. The van der Waals surface area contributed by atoms with Crippen LogP contribution >= 0.6 is 15.9 Å². The highest BCUT2D eigenvalue weighted by atomic mass is 79.9. The zero-order valence-electron chi connectivity index (χ0n) is 11.7. The number of ether oxygens (including phenoxy) is 1. The summed E-state index contributed by atoms with van der Waals surface area (Å²) < 4.78 is 6.76. The molecule has 1 fully saturated rings. The summed E-state index contributed by atoms with van der Waals surface area (Å²) in [6, 6.07) is 6.63. The highest BCUT2D eigenvalue weighted by Gasteiger charge is 2.29. The van der Waals surface area contributed by atoms with Gasteiger partial charge < -0.3 is 10.5 Å². The van der Waals surface area contributed by atoms with Crippen LogP contribution in [0.25, 0.3) is 0 Å². The zero-order valence-corrected chi connectivity index (χ0v) is 13.3. The number of carbonyl (C=O) groups excluding carboxylic acids is 2. The molecule has 2 unspecified atom stereocenters. The molecule has 0 aromatic heterocycles. The molecule has 0 aliphatic carbocycles. The van der Waals surface area contributed by atoms with Gasteiger partial charge >= 0.3 is 6.03 Å². The second-order valence-corrected chi connectivity index (χ2v) is 5.85. The van der Waals surface area contributed by atoms with Crippen LogP contribution in [-0.2, 0) is 9.53 Å². The number of rotatable bonds is 3. The smallest absolute Gasteiger partial charge is 0.318 e. The van der Waals surface area contributed by atoms with E-state index in [0.717, 1.165) is 10.0 Å². The van der Waals surface area contributed by atoms with Gasteiger partial charge in [-0.3, -0.25) is 15.0 Å². The third-order valence-electron chi connectivity index (χ3n) is 3.49. The number of benzene rings is 1. The molecule has 3 amide bonds. The number of imide groups is 1. The number of hydrogen-bond donors (Lipinski definition) is 2. The summed E-state index contributed by atoms with van der Waals surface area (Å²) in [5, 5.41) is 2.11. The minimum atomic E-state index is -0.830. The molecule has 6 nitrogen and oxygen atoms in total. The molecule has 3 N–H and O–H groups in total. The second kappa shape index (κ2) is 7.02. The minimum absolute atomic E-state index is 0.0971. The molecule has 2 rings (SSSR count). The summed E-state index contributed by atoms with van der Waals surface area (Å²) in [6.07, 6.45) is -0.0971. The van der Waals surface area contributed by atoms with Crippen LogP contribution in [0, 0.1) is 0 Å². The van der Waals surface area contributed by atoms with E-state index in [1.165, 1.54) is 0 Å². The first-order valence-electron chi connectivity index (χ1n) is 6.69. The van der Waals surface area contributed by atoms with E-state index in [0.29, 0.717) is 19.7 Å². The van der Waals surface area contributed by atoms with Crippen molar-refractivity contribution in [1.29, 1.82) is 0 Å². The molecule has 1 aromatic carbocycles. The lowest BCUT2D eigenvalue weighted by Crippen LogP contribution is -2.52. The van der Waals surface area contributed by atoms with Crippen molar-refractivity contribution >= 4 is 27.9 Å². The highest BCUT2D eigenvalue weighted by molar-refractivity contribution is 9.10. The van der Waals surface area contributed by atoms with Gasteiger partial charge in [-0.2, -0.15) is 0 Å². The second-order valence-electron chi connectivity index (χ2n) is 4.94. The van der Waals surface area contributed by atoms with Gasteiger partial charge in [0, 0.05) is 17.6 Å². The molecule has 0 bridgehead atoms. The molecule has 1 aliphatic rings. The number of nitrogens with one attached hydrogen (secondary N) is 1. The standard InChI is InChI=1S/C14H18BrN3O3/c1-9(13(19)17-14(16)20)18-5-6-21-12(8-18)10-3-2-4-11(15)7-10/h2-4,7,9,12H,5-6,8H2,1H3,(H3,16,17,19,20). The van der Waals surface area contributed by atoms with Crippen LogP contribution in [0.5, 0.6) is 0 Å². The Morgan fingerprint density at radius 2 is 2.29 bits per heavy atom. The molecule has 0 saturated carbocycles. The summed E-state index contributed by atoms with van der Waals surface area (Å²) >= 11 is 3.44. The van der Waals surface area contributed by atoms with Crippen molar-refractivity contribution < 1.29 is 14.3 Å². The Hall–Kier alpha value is -1.44.